The first-order valence-corrected chi connectivity index (χ1v) is 5.25. The van der Waals surface area contributed by atoms with Crippen molar-refractivity contribution in [2.24, 2.45) is 0 Å². The standard InChI is InChI=1S/C12H22O/c1-4-6-7-8-9-10-11(3)12(13)5-2/h9-10,12-13H,3-8H2,1-2H3/b10-9-. The van der Waals surface area contributed by atoms with Gasteiger partial charge in [0.2, 0.25) is 0 Å². The number of rotatable bonds is 7. The second-order valence-corrected chi connectivity index (χ2v) is 3.40. The highest BCUT2D eigenvalue weighted by atomic mass is 16.3. The van der Waals surface area contributed by atoms with E-state index in [1.807, 2.05) is 13.0 Å². The number of aliphatic hydroxyl groups excluding tert-OH is 1. The van der Waals surface area contributed by atoms with Crippen LogP contribution in [-0.2, 0) is 0 Å². The predicted octanol–water partition coefficient (Wildman–Crippen LogP) is 3.45. The Morgan fingerprint density at radius 3 is 2.62 bits per heavy atom. The molecule has 0 aromatic carbocycles. The summed E-state index contributed by atoms with van der Waals surface area (Å²) >= 11 is 0. The van der Waals surface area contributed by atoms with Gasteiger partial charge in [0.15, 0.2) is 0 Å². The number of allylic oxidation sites excluding steroid dienone is 1. The van der Waals surface area contributed by atoms with Crippen molar-refractivity contribution in [1.29, 1.82) is 0 Å². The Balaban J connectivity index is 3.53. The summed E-state index contributed by atoms with van der Waals surface area (Å²) < 4.78 is 0. The third-order valence-corrected chi connectivity index (χ3v) is 2.12. The monoisotopic (exact) mass is 182 g/mol. The van der Waals surface area contributed by atoms with E-state index >= 15 is 0 Å². The van der Waals surface area contributed by atoms with Gasteiger partial charge in [-0.15, -0.1) is 0 Å². The van der Waals surface area contributed by atoms with Gasteiger partial charge in [0.25, 0.3) is 0 Å². The predicted molar refractivity (Wildman–Crippen MR) is 58.7 cm³/mol. The first-order valence-electron chi connectivity index (χ1n) is 5.25. The SMILES string of the molecule is C=C(/C=C\CCCCC)C(O)CC. The maximum absolute atomic E-state index is 9.38. The van der Waals surface area contributed by atoms with Crippen LogP contribution in [0.15, 0.2) is 24.3 Å². The highest BCUT2D eigenvalue weighted by Crippen LogP contribution is 2.07. The minimum atomic E-state index is -0.359. The number of hydrogen-bond donors (Lipinski definition) is 1. The Kier molecular flexibility index (Phi) is 7.71. The number of aliphatic hydroxyl groups is 1. The molecule has 0 saturated heterocycles. The summed E-state index contributed by atoms with van der Waals surface area (Å²) in [5, 5.41) is 9.38. The van der Waals surface area contributed by atoms with Crippen molar-refractivity contribution < 1.29 is 5.11 Å². The van der Waals surface area contributed by atoms with Gasteiger partial charge < -0.3 is 5.11 Å². The number of unbranched alkanes of at least 4 members (excludes halogenated alkanes) is 3. The summed E-state index contributed by atoms with van der Waals surface area (Å²) in [6.07, 6.45) is 9.33. The van der Waals surface area contributed by atoms with Crippen LogP contribution in [0, 0.1) is 0 Å². The lowest BCUT2D eigenvalue weighted by molar-refractivity contribution is 0.211. The van der Waals surface area contributed by atoms with Crippen molar-refractivity contribution in [2.75, 3.05) is 0 Å². The topological polar surface area (TPSA) is 20.2 Å². The normalized spacial score (nSPS) is 13.5. The molecule has 1 nitrogen and oxygen atoms in total. The van der Waals surface area contributed by atoms with Crippen LogP contribution in [0.5, 0.6) is 0 Å². The Morgan fingerprint density at radius 1 is 1.38 bits per heavy atom. The van der Waals surface area contributed by atoms with E-state index in [1.54, 1.807) is 0 Å². The lowest BCUT2D eigenvalue weighted by atomic mass is 10.1. The van der Waals surface area contributed by atoms with Crippen LogP contribution in [0.3, 0.4) is 0 Å². The Hall–Kier alpha value is -0.560. The molecule has 0 bridgehead atoms. The fourth-order valence-corrected chi connectivity index (χ4v) is 1.12. The van der Waals surface area contributed by atoms with Gasteiger partial charge in [-0.05, 0) is 24.8 Å². The van der Waals surface area contributed by atoms with Crippen molar-refractivity contribution in [3.05, 3.63) is 24.3 Å². The molecule has 0 saturated carbocycles. The van der Waals surface area contributed by atoms with Crippen LogP contribution in [0.4, 0.5) is 0 Å². The summed E-state index contributed by atoms with van der Waals surface area (Å²) in [5.41, 5.74) is 0.832. The minimum Gasteiger partial charge on any atom is -0.388 e. The Morgan fingerprint density at radius 2 is 2.08 bits per heavy atom. The van der Waals surface area contributed by atoms with Crippen LogP contribution in [0.1, 0.15) is 46.0 Å². The molecule has 0 fully saturated rings. The van der Waals surface area contributed by atoms with Crippen LogP contribution in [0.25, 0.3) is 0 Å². The van der Waals surface area contributed by atoms with E-state index in [0.717, 1.165) is 18.4 Å². The zero-order chi connectivity index (χ0) is 10.1. The molecule has 0 aliphatic heterocycles. The second kappa shape index (κ2) is 8.06. The zero-order valence-electron chi connectivity index (χ0n) is 8.92. The zero-order valence-corrected chi connectivity index (χ0v) is 8.92. The third kappa shape index (κ3) is 6.59. The summed E-state index contributed by atoms with van der Waals surface area (Å²) in [6, 6.07) is 0. The quantitative estimate of drug-likeness (QED) is 0.472. The second-order valence-electron chi connectivity index (χ2n) is 3.40. The molecule has 0 rings (SSSR count). The van der Waals surface area contributed by atoms with Gasteiger partial charge in [-0.3, -0.25) is 0 Å². The first kappa shape index (κ1) is 12.4. The highest BCUT2D eigenvalue weighted by Gasteiger charge is 2.00. The van der Waals surface area contributed by atoms with Crippen LogP contribution >= 0.6 is 0 Å². The Bertz CT molecular complexity index is 159. The lowest BCUT2D eigenvalue weighted by Gasteiger charge is -2.06. The maximum atomic E-state index is 9.38. The molecule has 1 atom stereocenters. The van der Waals surface area contributed by atoms with Crippen LogP contribution in [-0.4, -0.2) is 11.2 Å². The molecule has 0 heterocycles. The molecule has 0 radical (unpaired) electrons. The lowest BCUT2D eigenvalue weighted by Crippen LogP contribution is -2.04. The van der Waals surface area contributed by atoms with Crippen LogP contribution < -0.4 is 0 Å². The summed E-state index contributed by atoms with van der Waals surface area (Å²) in [7, 11) is 0. The van der Waals surface area contributed by atoms with Crippen molar-refractivity contribution >= 4 is 0 Å². The van der Waals surface area contributed by atoms with E-state index < -0.39 is 0 Å². The fraction of sp³-hybridized carbons (Fsp3) is 0.667. The molecule has 0 aromatic rings. The van der Waals surface area contributed by atoms with Crippen molar-refractivity contribution in [2.45, 2.75) is 52.1 Å². The maximum Gasteiger partial charge on any atom is 0.0781 e. The highest BCUT2D eigenvalue weighted by molar-refractivity contribution is 5.18. The van der Waals surface area contributed by atoms with Crippen molar-refractivity contribution in [1.82, 2.24) is 0 Å². The molecule has 76 valence electrons. The summed E-state index contributed by atoms with van der Waals surface area (Å²) in [5.74, 6) is 0. The van der Waals surface area contributed by atoms with Gasteiger partial charge >= 0.3 is 0 Å². The van der Waals surface area contributed by atoms with E-state index in [4.69, 9.17) is 0 Å². The van der Waals surface area contributed by atoms with Gasteiger partial charge in [0.1, 0.15) is 0 Å². The molecule has 0 spiro atoms. The first-order chi connectivity index (χ1) is 6.22. The van der Waals surface area contributed by atoms with Gasteiger partial charge in [-0.1, -0.05) is 45.4 Å². The third-order valence-electron chi connectivity index (χ3n) is 2.12. The van der Waals surface area contributed by atoms with E-state index in [-0.39, 0.29) is 6.10 Å². The van der Waals surface area contributed by atoms with Gasteiger partial charge in [0, 0.05) is 0 Å². The minimum absolute atomic E-state index is 0.359. The molecule has 0 aliphatic rings. The van der Waals surface area contributed by atoms with E-state index in [2.05, 4.69) is 19.6 Å². The van der Waals surface area contributed by atoms with Crippen molar-refractivity contribution in [3.8, 4) is 0 Å². The molecule has 1 heteroatoms. The molecule has 0 aromatic heterocycles. The van der Waals surface area contributed by atoms with Gasteiger partial charge in [-0.2, -0.15) is 0 Å². The van der Waals surface area contributed by atoms with E-state index in [0.29, 0.717) is 0 Å². The molecule has 0 amide bonds. The van der Waals surface area contributed by atoms with E-state index in [9.17, 15) is 5.11 Å². The molecule has 0 aliphatic carbocycles. The van der Waals surface area contributed by atoms with Gasteiger partial charge in [-0.25, -0.2) is 0 Å². The summed E-state index contributed by atoms with van der Waals surface area (Å²) in [4.78, 5) is 0. The van der Waals surface area contributed by atoms with Crippen LogP contribution in [0.2, 0.25) is 0 Å². The fourth-order valence-electron chi connectivity index (χ4n) is 1.12. The molecular formula is C12H22O. The molecule has 13 heavy (non-hydrogen) atoms. The molecule has 1 unspecified atom stereocenters. The summed E-state index contributed by atoms with van der Waals surface area (Å²) in [6.45, 7) is 7.96. The average molecular weight is 182 g/mol. The average Bonchev–Trinajstić information content (AvgIpc) is 2.16. The Labute approximate surface area is 82.2 Å². The largest absolute Gasteiger partial charge is 0.388 e. The van der Waals surface area contributed by atoms with E-state index in [1.165, 1.54) is 19.3 Å². The number of hydrogen-bond acceptors (Lipinski definition) is 1. The molecular weight excluding hydrogens is 160 g/mol. The molecule has 1 N–H and O–H groups in total. The van der Waals surface area contributed by atoms with Gasteiger partial charge in [0.05, 0.1) is 6.10 Å². The van der Waals surface area contributed by atoms with Crippen molar-refractivity contribution in [3.63, 3.8) is 0 Å². The smallest absolute Gasteiger partial charge is 0.0781 e.